The molecule has 5 nitrogen and oxygen atoms in total. The van der Waals surface area contributed by atoms with E-state index in [0.29, 0.717) is 12.3 Å². The Bertz CT molecular complexity index is 1140. The second-order valence-corrected chi connectivity index (χ2v) is 10.1. The molecule has 0 bridgehead atoms. The van der Waals surface area contributed by atoms with E-state index in [2.05, 4.69) is 24.4 Å². The van der Waals surface area contributed by atoms with Gasteiger partial charge in [0.1, 0.15) is 12.4 Å². The predicted octanol–water partition coefficient (Wildman–Crippen LogP) is 4.38. The summed E-state index contributed by atoms with van der Waals surface area (Å²) < 4.78 is 40.7. The van der Waals surface area contributed by atoms with Crippen LogP contribution < -0.4 is 9.62 Å². The standard InChI is InChI=1S/C24H25FN2O3S2/c1-19-7-5-6-8-20(19)18-31-16-15-26-24(28)17-27(22-13-11-21(25)12-14-22)32(29,30)23-9-3-2-4-10-23/h2-14H,15-18H2,1H3,(H,26,28). The SMILES string of the molecule is Cc1ccccc1CSCCNC(=O)CN(c1ccc(F)cc1)S(=O)(=O)c1ccccc1. The molecular formula is C24H25FN2O3S2. The van der Waals surface area contributed by atoms with Crippen LogP contribution >= 0.6 is 11.8 Å². The minimum Gasteiger partial charge on any atom is -0.354 e. The summed E-state index contributed by atoms with van der Waals surface area (Å²) in [5, 5.41) is 2.78. The number of nitrogens with one attached hydrogen (secondary N) is 1. The number of halogens is 1. The zero-order valence-electron chi connectivity index (χ0n) is 17.7. The summed E-state index contributed by atoms with van der Waals surface area (Å²) in [4.78, 5) is 12.6. The Morgan fingerprint density at radius 3 is 2.31 bits per heavy atom. The maximum atomic E-state index is 13.4. The zero-order valence-corrected chi connectivity index (χ0v) is 19.3. The first kappa shape index (κ1) is 23.8. The van der Waals surface area contributed by atoms with Crippen LogP contribution in [0.5, 0.6) is 0 Å². The highest BCUT2D eigenvalue weighted by Gasteiger charge is 2.27. The molecule has 3 aromatic carbocycles. The number of thioether (sulfide) groups is 1. The average Bonchev–Trinajstić information content (AvgIpc) is 2.79. The van der Waals surface area contributed by atoms with Crippen LogP contribution in [0.15, 0.2) is 83.8 Å². The van der Waals surface area contributed by atoms with Crippen molar-refractivity contribution in [2.45, 2.75) is 17.6 Å². The molecule has 0 heterocycles. The summed E-state index contributed by atoms with van der Waals surface area (Å²) in [5.41, 5.74) is 2.70. The normalized spacial score (nSPS) is 11.2. The van der Waals surface area contributed by atoms with Gasteiger partial charge >= 0.3 is 0 Å². The van der Waals surface area contributed by atoms with Gasteiger partial charge in [-0.2, -0.15) is 11.8 Å². The Hall–Kier alpha value is -2.84. The van der Waals surface area contributed by atoms with Gasteiger partial charge in [-0.1, -0.05) is 42.5 Å². The van der Waals surface area contributed by atoms with Gasteiger partial charge in [-0.15, -0.1) is 0 Å². The number of nitrogens with zero attached hydrogens (tertiary/aromatic N) is 1. The van der Waals surface area contributed by atoms with Gasteiger partial charge in [-0.3, -0.25) is 9.10 Å². The molecule has 0 fully saturated rings. The van der Waals surface area contributed by atoms with E-state index < -0.39 is 28.3 Å². The van der Waals surface area contributed by atoms with E-state index in [1.165, 1.54) is 47.5 Å². The van der Waals surface area contributed by atoms with E-state index >= 15 is 0 Å². The number of carbonyl (C=O) groups is 1. The second-order valence-electron chi connectivity index (χ2n) is 7.13. The molecule has 168 valence electrons. The fourth-order valence-electron chi connectivity index (χ4n) is 3.05. The molecule has 32 heavy (non-hydrogen) atoms. The number of amides is 1. The number of hydrogen-bond acceptors (Lipinski definition) is 4. The van der Waals surface area contributed by atoms with Crippen LogP contribution in [0.3, 0.4) is 0 Å². The summed E-state index contributed by atoms with van der Waals surface area (Å²) in [7, 11) is -3.99. The van der Waals surface area contributed by atoms with Crippen molar-refractivity contribution >= 4 is 33.4 Å². The van der Waals surface area contributed by atoms with Crippen molar-refractivity contribution in [2.75, 3.05) is 23.1 Å². The minimum absolute atomic E-state index is 0.0610. The smallest absolute Gasteiger partial charge is 0.264 e. The largest absolute Gasteiger partial charge is 0.354 e. The fraction of sp³-hybridized carbons (Fsp3) is 0.208. The van der Waals surface area contributed by atoms with Gasteiger partial charge in [0.05, 0.1) is 10.6 Å². The van der Waals surface area contributed by atoms with Gasteiger partial charge in [0, 0.05) is 18.1 Å². The lowest BCUT2D eigenvalue weighted by atomic mass is 10.1. The van der Waals surface area contributed by atoms with Gasteiger partial charge in [0.2, 0.25) is 5.91 Å². The predicted molar refractivity (Wildman–Crippen MR) is 128 cm³/mol. The van der Waals surface area contributed by atoms with Gasteiger partial charge < -0.3 is 5.32 Å². The van der Waals surface area contributed by atoms with Crippen molar-refractivity contribution < 1.29 is 17.6 Å². The fourth-order valence-corrected chi connectivity index (χ4v) is 5.42. The molecule has 0 saturated heterocycles. The van der Waals surface area contributed by atoms with Crippen LogP contribution in [0.25, 0.3) is 0 Å². The number of carbonyl (C=O) groups excluding carboxylic acids is 1. The second kappa shape index (κ2) is 11.2. The van der Waals surface area contributed by atoms with Gasteiger partial charge in [-0.25, -0.2) is 12.8 Å². The first-order chi connectivity index (χ1) is 15.4. The number of hydrogen-bond donors (Lipinski definition) is 1. The highest BCUT2D eigenvalue weighted by atomic mass is 32.2. The Morgan fingerprint density at radius 1 is 0.969 bits per heavy atom. The molecule has 0 aromatic heterocycles. The molecule has 0 aliphatic heterocycles. The number of anilines is 1. The lowest BCUT2D eigenvalue weighted by Crippen LogP contribution is -2.41. The minimum atomic E-state index is -3.99. The Labute approximate surface area is 192 Å². The van der Waals surface area contributed by atoms with Gasteiger partial charge in [0.25, 0.3) is 10.0 Å². The van der Waals surface area contributed by atoms with Crippen LogP contribution in [0.1, 0.15) is 11.1 Å². The first-order valence-electron chi connectivity index (χ1n) is 10.1. The van der Waals surface area contributed by atoms with E-state index in [-0.39, 0.29) is 10.6 Å². The van der Waals surface area contributed by atoms with Crippen molar-refractivity contribution in [3.8, 4) is 0 Å². The number of sulfonamides is 1. The molecular weight excluding hydrogens is 447 g/mol. The van der Waals surface area contributed by atoms with Gasteiger partial charge in [0.15, 0.2) is 0 Å². The van der Waals surface area contributed by atoms with E-state index in [4.69, 9.17) is 0 Å². The third kappa shape index (κ3) is 6.34. The van der Waals surface area contributed by atoms with Crippen molar-refractivity contribution in [3.05, 3.63) is 95.8 Å². The summed E-state index contributed by atoms with van der Waals surface area (Å²) in [6.07, 6.45) is 0. The maximum absolute atomic E-state index is 13.4. The summed E-state index contributed by atoms with van der Waals surface area (Å²) >= 11 is 1.69. The topological polar surface area (TPSA) is 66.5 Å². The summed E-state index contributed by atoms with van der Waals surface area (Å²) in [6.45, 7) is 2.08. The highest BCUT2D eigenvalue weighted by Crippen LogP contribution is 2.23. The van der Waals surface area contributed by atoms with E-state index in [0.717, 1.165) is 10.1 Å². The lowest BCUT2D eigenvalue weighted by molar-refractivity contribution is -0.119. The molecule has 3 aromatic rings. The molecule has 0 aliphatic carbocycles. The third-order valence-electron chi connectivity index (χ3n) is 4.82. The molecule has 1 N–H and O–H groups in total. The first-order valence-corrected chi connectivity index (χ1v) is 12.7. The van der Waals surface area contributed by atoms with Crippen LogP contribution in [-0.4, -0.2) is 33.2 Å². The molecule has 0 unspecified atom stereocenters. The van der Waals surface area contributed by atoms with E-state index in [1.807, 2.05) is 12.1 Å². The Kier molecular flexibility index (Phi) is 8.30. The van der Waals surface area contributed by atoms with Crippen LogP contribution in [0, 0.1) is 12.7 Å². The summed E-state index contributed by atoms with van der Waals surface area (Å²) in [5.74, 6) is 0.626. The zero-order chi connectivity index (χ0) is 23.0. The Balaban J connectivity index is 1.62. The molecule has 1 amide bonds. The van der Waals surface area contributed by atoms with E-state index in [1.54, 1.807) is 30.0 Å². The molecule has 0 radical (unpaired) electrons. The summed E-state index contributed by atoms with van der Waals surface area (Å²) in [6, 6.07) is 21.0. The molecule has 3 rings (SSSR count). The number of rotatable bonds is 10. The molecule has 0 spiro atoms. The lowest BCUT2D eigenvalue weighted by Gasteiger charge is -2.24. The highest BCUT2D eigenvalue weighted by molar-refractivity contribution is 7.98. The molecule has 0 aliphatic rings. The van der Waals surface area contributed by atoms with Crippen molar-refractivity contribution in [1.82, 2.24) is 5.32 Å². The molecule has 0 saturated carbocycles. The monoisotopic (exact) mass is 472 g/mol. The molecule has 0 atom stereocenters. The van der Waals surface area contributed by atoms with Crippen molar-refractivity contribution in [2.24, 2.45) is 0 Å². The van der Waals surface area contributed by atoms with Crippen LogP contribution in [0.2, 0.25) is 0 Å². The number of benzene rings is 3. The Morgan fingerprint density at radius 2 is 1.62 bits per heavy atom. The van der Waals surface area contributed by atoms with Crippen molar-refractivity contribution in [3.63, 3.8) is 0 Å². The average molecular weight is 473 g/mol. The quantitative estimate of drug-likeness (QED) is 0.445. The molecule has 8 heteroatoms. The van der Waals surface area contributed by atoms with Gasteiger partial charge in [-0.05, 0) is 54.4 Å². The van der Waals surface area contributed by atoms with Crippen molar-refractivity contribution in [1.29, 1.82) is 0 Å². The van der Waals surface area contributed by atoms with Crippen LogP contribution in [0.4, 0.5) is 10.1 Å². The third-order valence-corrected chi connectivity index (χ3v) is 7.62. The maximum Gasteiger partial charge on any atom is 0.264 e. The van der Waals surface area contributed by atoms with E-state index in [9.17, 15) is 17.6 Å². The number of aryl methyl sites for hydroxylation is 1. The van der Waals surface area contributed by atoms with Crippen LogP contribution in [-0.2, 0) is 20.6 Å².